The van der Waals surface area contributed by atoms with Gasteiger partial charge < -0.3 is 20.0 Å². The highest BCUT2D eigenvalue weighted by molar-refractivity contribution is 6.01. The van der Waals surface area contributed by atoms with Crippen molar-refractivity contribution in [1.82, 2.24) is 4.90 Å². The lowest BCUT2D eigenvalue weighted by Gasteiger charge is -2.34. The van der Waals surface area contributed by atoms with Gasteiger partial charge >= 0.3 is 0 Å². The van der Waals surface area contributed by atoms with Crippen LogP contribution in [0.4, 0.5) is 21.5 Å². The fourth-order valence-corrected chi connectivity index (χ4v) is 3.17. The van der Waals surface area contributed by atoms with Gasteiger partial charge in [0.25, 0.3) is 0 Å². The molecule has 1 saturated heterocycles. The molecule has 1 aliphatic rings. The average Bonchev–Trinajstić information content (AvgIpc) is 2.68. The monoisotopic (exact) mass is 384 g/mol. The van der Waals surface area contributed by atoms with E-state index in [4.69, 9.17) is 0 Å². The molecule has 2 aromatic rings. The molecule has 1 fully saturated rings. The van der Waals surface area contributed by atoms with Crippen LogP contribution >= 0.6 is 0 Å². The zero-order valence-corrected chi connectivity index (χ0v) is 16.2. The largest absolute Gasteiger partial charge is 0.369 e. The van der Waals surface area contributed by atoms with E-state index in [2.05, 4.69) is 22.2 Å². The number of halogens is 1. The van der Waals surface area contributed by atoms with Crippen LogP contribution in [0.15, 0.2) is 48.5 Å². The maximum Gasteiger partial charge on any atom is 0.244 e. The highest BCUT2D eigenvalue weighted by Gasteiger charge is 2.18. The van der Waals surface area contributed by atoms with E-state index in [1.54, 1.807) is 0 Å². The van der Waals surface area contributed by atoms with Gasteiger partial charge in [-0.1, -0.05) is 0 Å². The van der Waals surface area contributed by atoms with Gasteiger partial charge in [-0.2, -0.15) is 0 Å². The molecule has 2 amide bonds. The van der Waals surface area contributed by atoms with Gasteiger partial charge in [-0.15, -0.1) is 0 Å². The third-order valence-electron chi connectivity index (χ3n) is 4.84. The molecule has 2 aromatic carbocycles. The summed E-state index contributed by atoms with van der Waals surface area (Å²) in [6, 6.07) is 13.2. The fourth-order valence-electron chi connectivity index (χ4n) is 3.17. The van der Waals surface area contributed by atoms with Gasteiger partial charge in [-0.25, -0.2) is 4.39 Å². The van der Waals surface area contributed by atoms with E-state index in [-0.39, 0.29) is 24.2 Å². The average molecular weight is 384 g/mol. The lowest BCUT2D eigenvalue weighted by atomic mass is 10.2. The van der Waals surface area contributed by atoms with Crippen LogP contribution in [0.3, 0.4) is 0 Å². The summed E-state index contributed by atoms with van der Waals surface area (Å²) < 4.78 is 13.0. The third kappa shape index (κ3) is 5.07. The van der Waals surface area contributed by atoms with Crippen LogP contribution in [-0.2, 0) is 9.59 Å². The first-order valence-electron chi connectivity index (χ1n) is 9.29. The summed E-state index contributed by atoms with van der Waals surface area (Å²) in [4.78, 5) is 30.4. The highest BCUT2D eigenvalue weighted by Crippen LogP contribution is 2.22. The molecule has 1 N–H and O–H groups in total. The zero-order valence-electron chi connectivity index (χ0n) is 16.2. The number of nitrogens with one attached hydrogen (secondary N) is 1. The number of rotatable bonds is 5. The van der Waals surface area contributed by atoms with Crippen LogP contribution in [0.1, 0.15) is 6.92 Å². The Balaban J connectivity index is 1.65. The molecule has 3 rings (SSSR count). The van der Waals surface area contributed by atoms with Crippen LogP contribution in [0.5, 0.6) is 0 Å². The Morgan fingerprint density at radius 1 is 1.00 bits per heavy atom. The molecule has 0 unspecified atom stereocenters. The molecule has 1 aliphatic heterocycles. The maximum atomic E-state index is 13.0. The number of hydrogen-bond donors (Lipinski definition) is 1. The van der Waals surface area contributed by atoms with Crippen LogP contribution in [-0.4, -0.2) is 56.5 Å². The molecule has 0 atom stereocenters. The van der Waals surface area contributed by atoms with Gasteiger partial charge in [0.2, 0.25) is 11.8 Å². The predicted molar refractivity (Wildman–Crippen MR) is 109 cm³/mol. The zero-order chi connectivity index (χ0) is 20.1. The normalized spacial score (nSPS) is 14.6. The number of carbonyl (C=O) groups excluding carboxylic acids is 2. The van der Waals surface area contributed by atoms with Crippen LogP contribution in [0, 0.1) is 5.82 Å². The highest BCUT2D eigenvalue weighted by atomic mass is 19.1. The molecule has 7 heteroatoms. The molecule has 0 aliphatic carbocycles. The van der Waals surface area contributed by atoms with Gasteiger partial charge in [0, 0.05) is 50.2 Å². The number of amides is 2. The number of piperazine rings is 1. The Kier molecular flexibility index (Phi) is 6.26. The van der Waals surface area contributed by atoms with Crippen molar-refractivity contribution in [3.63, 3.8) is 0 Å². The smallest absolute Gasteiger partial charge is 0.244 e. The number of anilines is 3. The number of carbonyl (C=O) groups is 2. The maximum absolute atomic E-state index is 13.0. The fraction of sp³-hybridized carbons (Fsp3) is 0.333. The molecule has 1 heterocycles. The minimum absolute atomic E-state index is 0.111. The standard InChI is InChI=1S/C21H25FN4O2/c1-16(27)26(15-21(28)23-18-5-3-17(22)4-6-18)20-9-7-19(8-10-20)25-13-11-24(2)12-14-25/h3-10H,11-15H2,1-2H3,(H,23,28). The number of hydrogen-bond acceptors (Lipinski definition) is 4. The summed E-state index contributed by atoms with van der Waals surface area (Å²) in [5.74, 6) is -0.935. The van der Waals surface area contributed by atoms with E-state index >= 15 is 0 Å². The number of likely N-dealkylation sites (N-methyl/N-ethyl adjacent to an activating group) is 1. The first kappa shape index (κ1) is 19.8. The lowest BCUT2D eigenvalue weighted by Crippen LogP contribution is -2.44. The van der Waals surface area contributed by atoms with Crippen LogP contribution in [0.25, 0.3) is 0 Å². The minimum atomic E-state index is -0.371. The Hall–Kier alpha value is -2.93. The molecule has 28 heavy (non-hydrogen) atoms. The number of nitrogens with zero attached hydrogens (tertiary/aromatic N) is 3. The second-order valence-corrected chi connectivity index (χ2v) is 6.97. The van der Waals surface area contributed by atoms with Crippen LogP contribution in [0.2, 0.25) is 0 Å². The Morgan fingerprint density at radius 3 is 2.18 bits per heavy atom. The summed E-state index contributed by atoms with van der Waals surface area (Å²) in [6.45, 7) is 5.29. The first-order chi connectivity index (χ1) is 13.4. The topological polar surface area (TPSA) is 55.9 Å². The number of benzene rings is 2. The van der Waals surface area contributed by atoms with E-state index in [0.717, 1.165) is 31.9 Å². The van der Waals surface area contributed by atoms with Gasteiger partial charge in [0.1, 0.15) is 12.4 Å². The van der Waals surface area contributed by atoms with Crippen molar-refractivity contribution in [2.45, 2.75) is 6.92 Å². The van der Waals surface area contributed by atoms with Crippen molar-refractivity contribution in [3.8, 4) is 0 Å². The van der Waals surface area contributed by atoms with Gasteiger partial charge in [-0.3, -0.25) is 9.59 Å². The SMILES string of the molecule is CC(=O)N(CC(=O)Nc1ccc(F)cc1)c1ccc(N2CCN(C)CC2)cc1. The summed E-state index contributed by atoms with van der Waals surface area (Å²) in [6.07, 6.45) is 0. The van der Waals surface area contributed by atoms with Crippen LogP contribution < -0.4 is 15.1 Å². The van der Waals surface area contributed by atoms with Gasteiger partial charge in [0.15, 0.2) is 0 Å². The molecule has 0 radical (unpaired) electrons. The van der Waals surface area contributed by atoms with Crippen molar-refractivity contribution in [3.05, 3.63) is 54.3 Å². The van der Waals surface area contributed by atoms with Gasteiger partial charge in [-0.05, 0) is 55.6 Å². The summed E-state index contributed by atoms with van der Waals surface area (Å²) in [7, 11) is 2.11. The second kappa shape index (κ2) is 8.84. The molecular formula is C21H25FN4O2. The van der Waals surface area contributed by atoms with E-state index in [1.807, 2.05) is 24.3 Å². The molecule has 0 spiro atoms. The predicted octanol–water partition coefficient (Wildman–Crippen LogP) is 2.57. The third-order valence-corrected chi connectivity index (χ3v) is 4.84. The van der Waals surface area contributed by atoms with Crippen molar-refractivity contribution >= 4 is 28.9 Å². The van der Waals surface area contributed by atoms with Crippen molar-refractivity contribution in [2.24, 2.45) is 0 Å². The van der Waals surface area contributed by atoms with E-state index in [9.17, 15) is 14.0 Å². The Bertz CT molecular complexity index is 815. The summed E-state index contributed by atoms with van der Waals surface area (Å²) >= 11 is 0. The Labute approximate surface area is 164 Å². The van der Waals surface area contributed by atoms with E-state index in [0.29, 0.717) is 11.4 Å². The quantitative estimate of drug-likeness (QED) is 0.861. The molecule has 6 nitrogen and oxygen atoms in total. The lowest BCUT2D eigenvalue weighted by molar-refractivity contribution is -0.120. The first-order valence-corrected chi connectivity index (χ1v) is 9.29. The van der Waals surface area contributed by atoms with Crippen molar-refractivity contribution < 1.29 is 14.0 Å². The molecule has 0 aromatic heterocycles. The Morgan fingerprint density at radius 2 is 1.61 bits per heavy atom. The van der Waals surface area contributed by atoms with Crippen molar-refractivity contribution in [1.29, 1.82) is 0 Å². The van der Waals surface area contributed by atoms with Gasteiger partial charge in [0.05, 0.1) is 0 Å². The molecule has 0 bridgehead atoms. The second-order valence-electron chi connectivity index (χ2n) is 6.97. The molecule has 148 valence electrons. The summed E-state index contributed by atoms with van der Waals surface area (Å²) in [5.41, 5.74) is 2.26. The summed E-state index contributed by atoms with van der Waals surface area (Å²) in [5, 5.41) is 2.68. The molecular weight excluding hydrogens is 359 g/mol. The molecule has 0 saturated carbocycles. The van der Waals surface area contributed by atoms with E-state index in [1.165, 1.54) is 36.1 Å². The van der Waals surface area contributed by atoms with Crippen molar-refractivity contribution in [2.75, 3.05) is 54.9 Å². The van der Waals surface area contributed by atoms with E-state index < -0.39 is 0 Å². The minimum Gasteiger partial charge on any atom is -0.369 e.